The van der Waals surface area contributed by atoms with E-state index in [1.165, 1.54) is 57.8 Å². The van der Waals surface area contributed by atoms with Gasteiger partial charge in [-0.2, -0.15) is 0 Å². The number of carbonyl (C=O) groups excluding carboxylic acids is 1. The van der Waals surface area contributed by atoms with E-state index in [1.807, 2.05) is 0 Å². The fraction of sp³-hybridized carbons (Fsp3) is 0.691. The maximum absolute atomic E-state index is 13.0. The molecule has 7 unspecified atom stereocenters. The lowest BCUT2D eigenvalue weighted by Crippen LogP contribution is -2.60. The van der Waals surface area contributed by atoms with Crippen molar-refractivity contribution in [3.63, 3.8) is 0 Å². The van der Waals surface area contributed by atoms with E-state index in [-0.39, 0.29) is 12.5 Å². The van der Waals surface area contributed by atoms with E-state index < -0.39 is 49.5 Å². The second kappa shape index (κ2) is 44.0. The van der Waals surface area contributed by atoms with Gasteiger partial charge in [0.1, 0.15) is 24.4 Å². The molecule has 1 saturated heterocycles. The van der Waals surface area contributed by atoms with Crippen molar-refractivity contribution in [2.45, 2.75) is 230 Å². The van der Waals surface area contributed by atoms with Crippen LogP contribution < -0.4 is 5.32 Å². The molecule has 0 bridgehead atoms. The van der Waals surface area contributed by atoms with Crippen LogP contribution in [0, 0.1) is 0 Å². The molecule has 1 fully saturated rings. The van der Waals surface area contributed by atoms with Crippen LogP contribution in [0.15, 0.2) is 97.2 Å². The van der Waals surface area contributed by atoms with Gasteiger partial charge in [0.15, 0.2) is 6.29 Å². The molecular weight excluding hydrogens is 803 g/mol. The number of nitrogens with one attached hydrogen (secondary N) is 1. The second-order valence-electron chi connectivity index (χ2n) is 17.2. The van der Waals surface area contributed by atoms with E-state index in [9.17, 15) is 30.3 Å². The van der Waals surface area contributed by atoms with Gasteiger partial charge in [-0.15, -0.1) is 0 Å². The van der Waals surface area contributed by atoms with Gasteiger partial charge in [0.05, 0.1) is 25.4 Å². The first-order chi connectivity index (χ1) is 31.3. The number of aliphatic hydroxyl groups is 5. The van der Waals surface area contributed by atoms with Gasteiger partial charge in [-0.3, -0.25) is 4.79 Å². The molecule has 0 aromatic heterocycles. The van der Waals surface area contributed by atoms with Crippen LogP contribution in [-0.2, 0) is 14.3 Å². The molecule has 0 aromatic rings. The molecule has 0 aromatic carbocycles. The zero-order valence-corrected chi connectivity index (χ0v) is 40.2. The van der Waals surface area contributed by atoms with E-state index in [0.717, 1.165) is 103 Å². The fourth-order valence-electron chi connectivity index (χ4n) is 7.41. The van der Waals surface area contributed by atoms with Gasteiger partial charge in [0, 0.05) is 6.42 Å². The smallest absolute Gasteiger partial charge is 0.220 e. The maximum atomic E-state index is 13.0. The summed E-state index contributed by atoms with van der Waals surface area (Å²) in [5.74, 6) is -0.174. The van der Waals surface area contributed by atoms with Crippen LogP contribution in [0.2, 0.25) is 0 Å². The number of allylic oxidation sites excluding steroid dienone is 16. The van der Waals surface area contributed by atoms with Crippen molar-refractivity contribution in [2.24, 2.45) is 0 Å². The average molecular weight is 896 g/mol. The predicted molar refractivity (Wildman–Crippen MR) is 267 cm³/mol. The number of hydrogen-bond donors (Lipinski definition) is 6. The van der Waals surface area contributed by atoms with Crippen molar-refractivity contribution >= 4 is 5.91 Å². The molecule has 366 valence electrons. The van der Waals surface area contributed by atoms with E-state index in [4.69, 9.17) is 9.47 Å². The Hall–Kier alpha value is -2.89. The van der Waals surface area contributed by atoms with Crippen molar-refractivity contribution in [2.75, 3.05) is 13.2 Å². The third kappa shape index (κ3) is 33.6. The highest BCUT2D eigenvalue weighted by Gasteiger charge is 2.44. The van der Waals surface area contributed by atoms with Crippen molar-refractivity contribution in [1.82, 2.24) is 5.32 Å². The van der Waals surface area contributed by atoms with Crippen LogP contribution in [0.1, 0.15) is 187 Å². The number of ether oxygens (including phenoxy) is 2. The van der Waals surface area contributed by atoms with Crippen LogP contribution >= 0.6 is 0 Å². The minimum Gasteiger partial charge on any atom is -0.394 e. The van der Waals surface area contributed by atoms with Crippen molar-refractivity contribution < 1.29 is 39.8 Å². The van der Waals surface area contributed by atoms with E-state index in [1.54, 1.807) is 0 Å². The van der Waals surface area contributed by atoms with Crippen LogP contribution in [0.4, 0.5) is 0 Å². The third-order valence-electron chi connectivity index (χ3n) is 11.5. The minimum absolute atomic E-state index is 0.155. The molecule has 6 N–H and O–H groups in total. The minimum atomic E-state index is -1.56. The monoisotopic (exact) mass is 896 g/mol. The predicted octanol–water partition coefficient (Wildman–Crippen LogP) is 11.7. The summed E-state index contributed by atoms with van der Waals surface area (Å²) in [6, 6.07) is -0.739. The molecule has 1 rings (SSSR count). The van der Waals surface area contributed by atoms with Crippen molar-refractivity contribution in [1.29, 1.82) is 0 Å². The zero-order chi connectivity index (χ0) is 46.6. The molecule has 0 saturated carbocycles. The number of unbranched alkanes of at least 4 members (excludes halogenated alkanes) is 15. The van der Waals surface area contributed by atoms with Gasteiger partial charge in [0.25, 0.3) is 0 Å². The summed E-state index contributed by atoms with van der Waals surface area (Å²) in [6.45, 7) is 3.68. The van der Waals surface area contributed by atoms with Gasteiger partial charge in [0.2, 0.25) is 5.91 Å². The third-order valence-corrected chi connectivity index (χ3v) is 11.5. The summed E-state index contributed by atoms with van der Waals surface area (Å²) in [4.78, 5) is 13.0. The highest BCUT2D eigenvalue weighted by Crippen LogP contribution is 2.23. The Morgan fingerprint density at radius 1 is 0.547 bits per heavy atom. The lowest BCUT2D eigenvalue weighted by Gasteiger charge is -2.40. The fourth-order valence-corrected chi connectivity index (χ4v) is 7.41. The summed E-state index contributed by atoms with van der Waals surface area (Å²) in [5.41, 5.74) is 0. The molecule has 1 amide bonds. The van der Waals surface area contributed by atoms with Crippen molar-refractivity contribution in [3.8, 4) is 0 Å². The van der Waals surface area contributed by atoms with Gasteiger partial charge in [-0.1, -0.05) is 201 Å². The average Bonchev–Trinajstić information content (AvgIpc) is 3.29. The van der Waals surface area contributed by atoms with Crippen LogP contribution in [0.5, 0.6) is 0 Å². The second-order valence-corrected chi connectivity index (χ2v) is 17.2. The highest BCUT2D eigenvalue weighted by molar-refractivity contribution is 5.76. The van der Waals surface area contributed by atoms with Gasteiger partial charge >= 0.3 is 0 Å². The number of aliphatic hydroxyl groups excluding tert-OH is 5. The topological polar surface area (TPSA) is 149 Å². The Labute approximate surface area is 390 Å². The van der Waals surface area contributed by atoms with Gasteiger partial charge in [-0.05, 0) is 77.0 Å². The highest BCUT2D eigenvalue weighted by atomic mass is 16.7. The number of amides is 1. The first kappa shape index (κ1) is 59.1. The standard InChI is InChI=1S/C55H93NO8/c1-3-5-7-9-11-13-15-17-18-19-20-21-22-23-24-25-26-27-28-29-30-31-32-33-35-37-39-41-43-45-51(59)56-48(47-63-55-54(62)53(61)52(60)50(46-57)64-55)49(58)44-42-40-38-36-34-16-14-12-10-8-6-4-2/h5,7,11,13,17-18,20-21,23-24,26-27,29-30,32-33,48-50,52-55,57-58,60-62H,3-4,6,8-10,12,14-16,19,22,25,28,31,34-47H2,1-2H3,(H,56,59)/b7-5-,13-11-,18-17-,21-20-,24-23-,27-26-,30-29-,33-32-. The maximum Gasteiger partial charge on any atom is 0.220 e. The Kier molecular flexibility index (Phi) is 40.6. The van der Waals surface area contributed by atoms with Gasteiger partial charge in [-0.25, -0.2) is 0 Å². The number of rotatable bonds is 41. The molecular formula is C55H93NO8. The summed E-state index contributed by atoms with van der Waals surface area (Å²) in [5, 5.41) is 54.4. The molecule has 1 aliphatic rings. The molecule has 0 spiro atoms. The summed E-state index contributed by atoms with van der Waals surface area (Å²) in [7, 11) is 0. The molecule has 1 heterocycles. The Balaban J connectivity index is 2.27. The first-order valence-electron chi connectivity index (χ1n) is 25.4. The molecule has 7 atom stereocenters. The van der Waals surface area contributed by atoms with Crippen LogP contribution in [0.25, 0.3) is 0 Å². The quantitative estimate of drug-likeness (QED) is 0.0262. The van der Waals surface area contributed by atoms with E-state index in [0.29, 0.717) is 12.8 Å². The molecule has 64 heavy (non-hydrogen) atoms. The molecule has 1 aliphatic heterocycles. The Morgan fingerprint density at radius 2 is 0.969 bits per heavy atom. The summed E-state index contributed by atoms with van der Waals surface area (Å²) < 4.78 is 11.3. The van der Waals surface area contributed by atoms with Crippen LogP contribution in [0.3, 0.4) is 0 Å². The van der Waals surface area contributed by atoms with E-state index >= 15 is 0 Å². The lowest BCUT2D eigenvalue weighted by molar-refractivity contribution is -0.302. The zero-order valence-electron chi connectivity index (χ0n) is 40.2. The molecule has 0 aliphatic carbocycles. The van der Waals surface area contributed by atoms with Crippen LogP contribution in [-0.4, -0.2) is 87.5 Å². The van der Waals surface area contributed by atoms with Gasteiger partial charge < -0.3 is 40.3 Å². The first-order valence-corrected chi connectivity index (χ1v) is 25.4. The SMILES string of the molecule is CC/C=C\C/C=C\C/C=C\C/C=C\C/C=C\C/C=C\C/C=C\C/C=C\CCCCCCC(=O)NC(COC1OC(CO)C(O)C(O)C1O)C(O)CCCCCCCCCCCCCC. The number of hydrogen-bond acceptors (Lipinski definition) is 8. The molecule has 9 heteroatoms. The summed E-state index contributed by atoms with van der Waals surface area (Å²) in [6.07, 6.45) is 55.6. The molecule has 9 nitrogen and oxygen atoms in total. The normalized spacial score (nSPS) is 20.9. The Bertz CT molecular complexity index is 1320. The largest absolute Gasteiger partial charge is 0.394 e. The lowest BCUT2D eigenvalue weighted by atomic mass is 9.99. The Morgan fingerprint density at radius 3 is 1.44 bits per heavy atom. The number of carbonyl (C=O) groups is 1. The van der Waals surface area contributed by atoms with Crippen molar-refractivity contribution in [3.05, 3.63) is 97.2 Å². The summed E-state index contributed by atoms with van der Waals surface area (Å²) >= 11 is 0. The van der Waals surface area contributed by atoms with E-state index in [2.05, 4.69) is 116 Å². The molecule has 0 radical (unpaired) electrons.